The summed E-state index contributed by atoms with van der Waals surface area (Å²) in [6.45, 7) is 0.0603. The highest BCUT2D eigenvalue weighted by molar-refractivity contribution is 6.31. The van der Waals surface area contributed by atoms with Gasteiger partial charge >= 0.3 is 0 Å². The number of anilines is 1. The Kier molecular flexibility index (Phi) is 7.73. The maximum atomic E-state index is 13.9. The van der Waals surface area contributed by atoms with Crippen molar-refractivity contribution in [2.75, 3.05) is 5.32 Å². The van der Waals surface area contributed by atoms with Gasteiger partial charge in [0.05, 0.1) is 5.56 Å². The lowest BCUT2D eigenvalue weighted by Crippen LogP contribution is -2.51. The van der Waals surface area contributed by atoms with Crippen molar-refractivity contribution < 1.29 is 18.4 Å². The molecule has 1 saturated carbocycles. The molecule has 2 amide bonds. The summed E-state index contributed by atoms with van der Waals surface area (Å²) in [5, 5.41) is 3.18. The van der Waals surface area contributed by atoms with Gasteiger partial charge in [-0.3, -0.25) is 14.6 Å². The van der Waals surface area contributed by atoms with Crippen molar-refractivity contribution in [1.29, 1.82) is 0 Å². The van der Waals surface area contributed by atoms with Crippen LogP contribution in [0.25, 0.3) is 0 Å². The predicted octanol–water partition coefficient (Wildman–Crippen LogP) is 5.18. The van der Waals surface area contributed by atoms with E-state index >= 15 is 0 Å². The van der Waals surface area contributed by atoms with E-state index in [4.69, 9.17) is 17.3 Å². The Hall–Kier alpha value is -3.36. The van der Waals surface area contributed by atoms with E-state index in [0.29, 0.717) is 28.3 Å². The first-order chi connectivity index (χ1) is 16.8. The number of nitrogens with one attached hydrogen (secondary N) is 1. The van der Waals surface area contributed by atoms with E-state index in [0.717, 1.165) is 37.5 Å². The van der Waals surface area contributed by atoms with Crippen LogP contribution in [0.15, 0.2) is 60.9 Å². The maximum absolute atomic E-state index is 13.9. The normalized spacial score (nSPS) is 17.6. The fraction of sp³-hybridized carbons (Fsp3) is 0.269. The van der Waals surface area contributed by atoms with Crippen LogP contribution in [0.3, 0.4) is 0 Å². The predicted molar refractivity (Wildman–Crippen MR) is 130 cm³/mol. The zero-order valence-corrected chi connectivity index (χ0v) is 19.6. The molecule has 0 saturated heterocycles. The van der Waals surface area contributed by atoms with E-state index in [1.807, 2.05) is 0 Å². The van der Waals surface area contributed by atoms with Crippen molar-refractivity contribution in [3.05, 3.63) is 94.3 Å². The standard InChI is InChI=1S/C26H25ClF2N4O2/c27-22-8-7-21(32-25(34)16-4-3-9-31-14-16)12-18(22)15-33(24-6-2-1-5-23(24)30)26(35)17-10-19(28)13-20(29)11-17/h3-4,7-14,23-24H,1-2,5-6,15,30H2,(H,32,34). The molecule has 0 radical (unpaired) electrons. The van der Waals surface area contributed by atoms with Crippen LogP contribution in [0.1, 0.15) is 52.0 Å². The maximum Gasteiger partial charge on any atom is 0.257 e. The van der Waals surface area contributed by atoms with Gasteiger partial charge < -0.3 is 16.0 Å². The summed E-state index contributed by atoms with van der Waals surface area (Å²) in [5.74, 6) is -2.55. The highest BCUT2D eigenvalue weighted by atomic mass is 35.5. The van der Waals surface area contributed by atoms with Gasteiger partial charge in [0.15, 0.2) is 0 Å². The molecular formula is C26H25ClF2N4O2. The molecule has 35 heavy (non-hydrogen) atoms. The number of aromatic nitrogens is 1. The SMILES string of the molecule is NC1CCCCC1N(Cc1cc(NC(=O)c2cccnc2)ccc1Cl)C(=O)c1cc(F)cc(F)c1. The van der Waals surface area contributed by atoms with E-state index < -0.39 is 17.5 Å². The van der Waals surface area contributed by atoms with Crippen LogP contribution < -0.4 is 11.1 Å². The molecule has 0 aliphatic heterocycles. The molecule has 6 nitrogen and oxygen atoms in total. The van der Waals surface area contributed by atoms with Crippen LogP contribution in [-0.4, -0.2) is 33.8 Å². The fourth-order valence-corrected chi connectivity index (χ4v) is 4.54. The van der Waals surface area contributed by atoms with Crippen molar-refractivity contribution in [1.82, 2.24) is 9.88 Å². The minimum atomic E-state index is -0.834. The second-order valence-corrected chi connectivity index (χ2v) is 9.02. The highest BCUT2D eigenvalue weighted by Crippen LogP contribution is 2.29. The van der Waals surface area contributed by atoms with Crippen molar-refractivity contribution in [2.45, 2.75) is 44.3 Å². The van der Waals surface area contributed by atoms with E-state index in [1.54, 1.807) is 36.5 Å². The molecule has 3 aromatic rings. The molecule has 2 unspecified atom stereocenters. The van der Waals surface area contributed by atoms with Crippen LogP contribution in [0, 0.1) is 11.6 Å². The Morgan fingerprint density at radius 3 is 2.49 bits per heavy atom. The minimum absolute atomic E-state index is 0.0603. The number of amides is 2. The Morgan fingerprint density at radius 2 is 1.80 bits per heavy atom. The molecule has 9 heteroatoms. The van der Waals surface area contributed by atoms with Gasteiger partial charge in [-0.15, -0.1) is 0 Å². The summed E-state index contributed by atoms with van der Waals surface area (Å²) in [7, 11) is 0. The number of nitrogens with zero attached hydrogens (tertiary/aromatic N) is 2. The zero-order valence-electron chi connectivity index (χ0n) is 18.9. The fourth-order valence-electron chi connectivity index (χ4n) is 4.37. The summed E-state index contributed by atoms with van der Waals surface area (Å²) in [4.78, 5) is 31.5. The molecule has 4 rings (SSSR count). The van der Waals surface area contributed by atoms with Crippen molar-refractivity contribution in [3.8, 4) is 0 Å². The average Bonchev–Trinajstić information content (AvgIpc) is 2.84. The van der Waals surface area contributed by atoms with Gasteiger partial charge in [-0.25, -0.2) is 8.78 Å². The molecule has 0 bridgehead atoms. The number of nitrogens with two attached hydrogens (primary N) is 1. The molecule has 182 valence electrons. The molecule has 1 heterocycles. The highest BCUT2D eigenvalue weighted by Gasteiger charge is 2.32. The Balaban J connectivity index is 1.64. The van der Waals surface area contributed by atoms with E-state index in [1.165, 1.54) is 11.1 Å². The van der Waals surface area contributed by atoms with E-state index in [-0.39, 0.29) is 30.1 Å². The number of carbonyl (C=O) groups excluding carboxylic acids is 2. The Bertz CT molecular complexity index is 1200. The number of benzene rings is 2. The van der Waals surface area contributed by atoms with Crippen molar-refractivity contribution >= 4 is 29.1 Å². The molecule has 0 spiro atoms. The van der Waals surface area contributed by atoms with Gasteiger partial charge in [0.25, 0.3) is 11.8 Å². The summed E-state index contributed by atoms with van der Waals surface area (Å²) < 4.78 is 27.7. The number of hydrogen-bond acceptors (Lipinski definition) is 4. The van der Waals surface area contributed by atoms with Gasteiger partial charge in [0.1, 0.15) is 11.6 Å². The largest absolute Gasteiger partial charge is 0.330 e. The number of hydrogen-bond donors (Lipinski definition) is 2. The Labute approximate surface area is 207 Å². The van der Waals surface area contributed by atoms with Gasteiger partial charge in [0.2, 0.25) is 0 Å². The van der Waals surface area contributed by atoms with E-state index in [2.05, 4.69) is 10.3 Å². The first-order valence-electron chi connectivity index (χ1n) is 11.3. The third-order valence-corrected chi connectivity index (χ3v) is 6.49. The minimum Gasteiger partial charge on any atom is -0.330 e. The molecule has 2 aromatic carbocycles. The van der Waals surface area contributed by atoms with Crippen LogP contribution >= 0.6 is 11.6 Å². The summed E-state index contributed by atoms with van der Waals surface area (Å²) in [6.07, 6.45) is 6.26. The van der Waals surface area contributed by atoms with Crippen LogP contribution in [-0.2, 0) is 6.54 Å². The quantitative estimate of drug-likeness (QED) is 0.490. The molecule has 1 aliphatic carbocycles. The number of carbonyl (C=O) groups is 2. The van der Waals surface area contributed by atoms with Gasteiger partial charge in [-0.1, -0.05) is 24.4 Å². The average molecular weight is 499 g/mol. The molecule has 1 fully saturated rings. The van der Waals surface area contributed by atoms with Gasteiger partial charge in [-0.05, 0) is 60.9 Å². The van der Waals surface area contributed by atoms with Crippen LogP contribution in [0.5, 0.6) is 0 Å². The molecule has 2 atom stereocenters. The van der Waals surface area contributed by atoms with Crippen molar-refractivity contribution in [3.63, 3.8) is 0 Å². The number of halogens is 3. The van der Waals surface area contributed by atoms with E-state index in [9.17, 15) is 18.4 Å². The second kappa shape index (κ2) is 10.9. The van der Waals surface area contributed by atoms with Crippen LogP contribution in [0.4, 0.5) is 14.5 Å². The van der Waals surface area contributed by atoms with Gasteiger partial charge in [0, 0.05) is 53.4 Å². The summed E-state index contributed by atoms with van der Waals surface area (Å²) in [5.41, 5.74) is 7.71. The topological polar surface area (TPSA) is 88.3 Å². The third-order valence-electron chi connectivity index (χ3n) is 6.12. The lowest BCUT2D eigenvalue weighted by Gasteiger charge is -2.38. The van der Waals surface area contributed by atoms with Gasteiger partial charge in [-0.2, -0.15) is 0 Å². The zero-order chi connectivity index (χ0) is 24.9. The molecule has 1 aromatic heterocycles. The molecule has 3 N–H and O–H groups in total. The second-order valence-electron chi connectivity index (χ2n) is 8.61. The smallest absolute Gasteiger partial charge is 0.257 e. The Morgan fingerprint density at radius 1 is 1.06 bits per heavy atom. The number of pyridine rings is 1. The lowest BCUT2D eigenvalue weighted by molar-refractivity contribution is 0.0582. The molecular weight excluding hydrogens is 474 g/mol. The summed E-state index contributed by atoms with van der Waals surface area (Å²) in [6, 6.07) is 10.4. The number of rotatable bonds is 6. The monoisotopic (exact) mass is 498 g/mol. The van der Waals surface area contributed by atoms with Crippen LogP contribution in [0.2, 0.25) is 5.02 Å². The third kappa shape index (κ3) is 6.01. The van der Waals surface area contributed by atoms with Crippen molar-refractivity contribution in [2.24, 2.45) is 5.73 Å². The first kappa shape index (κ1) is 24.8. The lowest BCUT2D eigenvalue weighted by atomic mass is 9.89. The first-order valence-corrected chi connectivity index (χ1v) is 11.7. The summed E-state index contributed by atoms with van der Waals surface area (Å²) >= 11 is 6.46. The molecule has 1 aliphatic rings.